The second kappa shape index (κ2) is 3.98. The Morgan fingerprint density at radius 1 is 1.10 bits per heavy atom. The molecule has 1 aromatic heterocycles. The molecule has 4 nitrogen and oxygen atoms in total. The van der Waals surface area contributed by atoms with Crippen molar-refractivity contribution in [2.45, 2.75) is 58.2 Å². The summed E-state index contributed by atoms with van der Waals surface area (Å²) in [5, 5.41) is 3.35. The van der Waals surface area contributed by atoms with Crippen molar-refractivity contribution in [1.29, 1.82) is 0 Å². The highest BCUT2D eigenvalue weighted by molar-refractivity contribution is 6.62. The van der Waals surface area contributed by atoms with Gasteiger partial charge in [0.2, 0.25) is 0 Å². The molecule has 0 unspecified atom stereocenters. The van der Waals surface area contributed by atoms with Gasteiger partial charge in [-0.25, -0.2) is 4.98 Å². The molecule has 0 atom stereocenters. The number of hydrogen-bond donors (Lipinski definition) is 1. The van der Waals surface area contributed by atoms with Gasteiger partial charge in [0.25, 0.3) is 0 Å². The summed E-state index contributed by atoms with van der Waals surface area (Å²) in [5.74, 6) is 0.982. The highest BCUT2D eigenvalue weighted by atomic mass is 16.7. The second-order valence-electron chi connectivity index (χ2n) is 7.49. The molecule has 1 saturated heterocycles. The Kier molecular flexibility index (Phi) is 2.77. The Morgan fingerprint density at radius 3 is 2.30 bits per heavy atom. The molecule has 2 aliphatic heterocycles. The molecule has 0 saturated carbocycles. The van der Waals surface area contributed by atoms with E-state index >= 15 is 0 Å². The Balaban J connectivity index is 1.94. The minimum Gasteiger partial charge on any atom is -0.399 e. The van der Waals surface area contributed by atoms with Crippen molar-refractivity contribution in [3.8, 4) is 0 Å². The summed E-state index contributed by atoms with van der Waals surface area (Å²) in [5.41, 5.74) is 1.71. The predicted molar refractivity (Wildman–Crippen MR) is 81.5 cm³/mol. The number of rotatable bonds is 1. The van der Waals surface area contributed by atoms with Crippen molar-refractivity contribution < 1.29 is 9.31 Å². The molecule has 2 aliphatic rings. The minimum absolute atomic E-state index is 0.0992. The number of aromatic nitrogens is 1. The fourth-order valence-electron chi connectivity index (χ4n) is 2.65. The van der Waals surface area contributed by atoms with Gasteiger partial charge in [-0.05, 0) is 27.7 Å². The van der Waals surface area contributed by atoms with Gasteiger partial charge in [0.15, 0.2) is 0 Å². The monoisotopic (exact) mass is 274 g/mol. The van der Waals surface area contributed by atoms with Crippen LogP contribution in [0.3, 0.4) is 0 Å². The molecule has 0 amide bonds. The molecule has 1 aromatic rings. The van der Waals surface area contributed by atoms with Gasteiger partial charge >= 0.3 is 7.12 Å². The summed E-state index contributed by atoms with van der Waals surface area (Å²) in [6.07, 6.45) is 1.86. The van der Waals surface area contributed by atoms with E-state index in [-0.39, 0.29) is 23.7 Å². The molecule has 3 heterocycles. The zero-order valence-electron chi connectivity index (χ0n) is 13.2. The van der Waals surface area contributed by atoms with Crippen molar-refractivity contribution in [2.24, 2.45) is 0 Å². The highest BCUT2D eigenvalue weighted by Crippen LogP contribution is 2.38. The number of pyridine rings is 1. The molecule has 5 heteroatoms. The van der Waals surface area contributed by atoms with Gasteiger partial charge in [-0.1, -0.05) is 19.9 Å². The lowest BCUT2D eigenvalue weighted by Gasteiger charge is -2.32. The minimum atomic E-state index is -0.339. The first-order chi connectivity index (χ1) is 9.12. The maximum Gasteiger partial charge on any atom is 0.496 e. The standard InChI is InChI=1S/C15H23BN2O2/c1-13(2)9-18-12-11(13)7-10(8-17-12)16-19-14(3,4)15(5,6)20-16/h7-8H,9H2,1-6H3,(H,17,18). The van der Waals surface area contributed by atoms with Crippen LogP contribution in [0.1, 0.15) is 47.1 Å². The van der Waals surface area contributed by atoms with E-state index in [0.717, 1.165) is 17.8 Å². The molecule has 0 spiro atoms. The molecule has 3 rings (SSSR count). The van der Waals surface area contributed by atoms with E-state index in [1.807, 2.05) is 6.20 Å². The highest BCUT2D eigenvalue weighted by Gasteiger charge is 2.52. The Labute approximate surface area is 121 Å². The van der Waals surface area contributed by atoms with Gasteiger partial charge in [-0.3, -0.25) is 0 Å². The van der Waals surface area contributed by atoms with Crippen molar-refractivity contribution in [3.05, 3.63) is 17.8 Å². The molecule has 0 aromatic carbocycles. The fourth-order valence-corrected chi connectivity index (χ4v) is 2.65. The van der Waals surface area contributed by atoms with E-state index in [1.165, 1.54) is 5.56 Å². The van der Waals surface area contributed by atoms with Crippen molar-refractivity contribution >= 4 is 18.4 Å². The molecular formula is C15H23BN2O2. The van der Waals surface area contributed by atoms with Gasteiger partial charge in [0.05, 0.1) is 11.2 Å². The van der Waals surface area contributed by atoms with E-state index in [2.05, 4.69) is 57.9 Å². The molecule has 20 heavy (non-hydrogen) atoms. The van der Waals surface area contributed by atoms with Crippen LogP contribution in [0, 0.1) is 0 Å². The maximum atomic E-state index is 6.10. The number of nitrogens with zero attached hydrogens (tertiary/aromatic N) is 1. The van der Waals surface area contributed by atoms with Crippen LogP contribution < -0.4 is 10.8 Å². The Bertz CT molecular complexity index is 539. The Morgan fingerprint density at radius 2 is 1.70 bits per heavy atom. The van der Waals surface area contributed by atoms with Crippen LogP contribution in [0.15, 0.2) is 12.3 Å². The molecule has 0 radical (unpaired) electrons. The summed E-state index contributed by atoms with van der Waals surface area (Å²) in [7, 11) is -0.339. The van der Waals surface area contributed by atoms with Crippen molar-refractivity contribution in [3.63, 3.8) is 0 Å². The number of anilines is 1. The van der Waals surface area contributed by atoms with E-state index in [0.29, 0.717) is 0 Å². The van der Waals surface area contributed by atoms with Gasteiger partial charge in [0, 0.05) is 29.2 Å². The van der Waals surface area contributed by atoms with Crippen LogP contribution in [0.4, 0.5) is 5.82 Å². The van der Waals surface area contributed by atoms with Gasteiger partial charge in [0.1, 0.15) is 5.82 Å². The van der Waals surface area contributed by atoms with Crippen molar-refractivity contribution in [2.75, 3.05) is 11.9 Å². The van der Waals surface area contributed by atoms with Crippen LogP contribution in [-0.2, 0) is 14.7 Å². The molecule has 0 aliphatic carbocycles. The normalized spacial score (nSPS) is 25.4. The maximum absolute atomic E-state index is 6.10. The number of hydrogen-bond acceptors (Lipinski definition) is 4. The summed E-state index contributed by atoms with van der Waals surface area (Å²) in [4.78, 5) is 4.52. The third-order valence-corrected chi connectivity index (χ3v) is 4.86. The molecule has 0 bridgehead atoms. The predicted octanol–water partition coefficient (Wildman–Crippen LogP) is 2.08. The third-order valence-electron chi connectivity index (χ3n) is 4.86. The lowest BCUT2D eigenvalue weighted by Crippen LogP contribution is -2.41. The summed E-state index contributed by atoms with van der Waals surface area (Å²) < 4.78 is 12.2. The molecular weight excluding hydrogens is 251 g/mol. The molecule has 1 N–H and O–H groups in total. The fraction of sp³-hybridized carbons (Fsp3) is 0.667. The first-order valence-corrected chi connectivity index (χ1v) is 7.22. The number of nitrogens with one attached hydrogen (secondary N) is 1. The summed E-state index contributed by atoms with van der Waals surface area (Å²) in [6, 6.07) is 2.17. The lowest BCUT2D eigenvalue weighted by atomic mass is 9.77. The van der Waals surface area contributed by atoms with Crippen LogP contribution in [-0.4, -0.2) is 29.8 Å². The average molecular weight is 274 g/mol. The topological polar surface area (TPSA) is 43.4 Å². The van der Waals surface area contributed by atoms with Crippen LogP contribution in [0.25, 0.3) is 0 Å². The van der Waals surface area contributed by atoms with Gasteiger partial charge < -0.3 is 14.6 Å². The average Bonchev–Trinajstić information content (AvgIpc) is 2.74. The quantitative estimate of drug-likeness (QED) is 0.796. The lowest BCUT2D eigenvalue weighted by molar-refractivity contribution is 0.00578. The third kappa shape index (κ3) is 1.95. The first-order valence-electron chi connectivity index (χ1n) is 7.22. The zero-order chi connectivity index (χ0) is 14.8. The van der Waals surface area contributed by atoms with E-state index in [4.69, 9.17) is 9.31 Å². The largest absolute Gasteiger partial charge is 0.496 e. The van der Waals surface area contributed by atoms with Crippen LogP contribution >= 0.6 is 0 Å². The Hall–Kier alpha value is -1.07. The van der Waals surface area contributed by atoms with Crippen LogP contribution in [0.2, 0.25) is 0 Å². The van der Waals surface area contributed by atoms with E-state index in [1.54, 1.807) is 0 Å². The van der Waals surface area contributed by atoms with Crippen molar-refractivity contribution in [1.82, 2.24) is 4.98 Å². The smallest absolute Gasteiger partial charge is 0.399 e. The second-order valence-corrected chi connectivity index (χ2v) is 7.49. The van der Waals surface area contributed by atoms with Gasteiger partial charge in [-0.2, -0.15) is 0 Å². The SMILES string of the molecule is CC1(C)CNc2ncc(B3OC(C)(C)C(C)(C)O3)cc21. The number of fused-ring (bicyclic) bond motifs is 1. The summed E-state index contributed by atoms with van der Waals surface area (Å²) in [6.45, 7) is 13.6. The van der Waals surface area contributed by atoms with Gasteiger partial charge in [-0.15, -0.1) is 0 Å². The summed E-state index contributed by atoms with van der Waals surface area (Å²) >= 11 is 0. The zero-order valence-corrected chi connectivity index (χ0v) is 13.2. The molecule has 1 fully saturated rings. The molecule has 108 valence electrons. The van der Waals surface area contributed by atoms with Crippen LogP contribution in [0.5, 0.6) is 0 Å². The van der Waals surface area contributed by atoms with E-state index in [9.17, 15) is 0 Å². The first kappa shape index (κ1) is 13.9. The van der Waals surface area contributed by atoms with E-state index < -0.39 is 0 Å².